The van der Waals surface area contributed by atoms with Crippen LogP contribution in [0.15, 0.2) is 24.4 Å². The first-order valence-electron chi connectivity index (χ1n) is 5.24. The topological polar surface area (TPSA) is 29.9 Å². The summed E-state index contributed by atoms with van der Waals surface area (Å²) in [5, 5.41) is 3.55. The van der Waals surface area contributed by atoms with Gasteiger partial charge in [0.05, 0.1) is 18.4 Å². The third kappa shape index (κ3) is 2.58. The number of nitrogens with zero attached hydrogens (tertiary/aromatic N) is 2. The van der Waals surface area contributed by atoms with E-state index in [1.54, 1.807) is 16.8 Å². The summed E-state index contributed by atoms with van der Waals surface area (Å²) in [6, 6.07) is 5.07. The van der Waals surface area contributed by atoms with Gasteiger partial charge in [0.15, 0.2) is 0 Å². The Balaban J connectivity index is 2.10. The minimum Gasteiger partial charge on any atom is -0.375 e. The summed E-state index contributed by atoms with van der Waals surface area (Å²) >= 11 is 5.86. The van der Waals surface area contributed by atoms with E-state index in [1.807, 2.05) is 20.0 Å². The molecule has 0 fully saturated rings. The zero-order chi connectivity index (χ0) is 12.4. The highest BCUT2D eigenvalue weighted by Crippen LogP contribution is 2.16. The number of nitrogens with one attached hydrogen (secondary N) is 1. The molecular weight excluding hydrogens is 241 g/mol. The SMILES string of the molecule is Cc1ccc(NCc2ncc(Cl)n2C)c(F)c1. The fourth-order valence-corrected chi connectivity index (χ4v) is 1.67. The largest absolute Gasteiger partial charge is 0.375 e. The highest BCUT2D eigenvalue weighted by Gasteiger charge is 2.06. The van der Waals surface area contributed by atoms with E-state index >= 15 is 0 Å². The summed E-state index contributed by atoms with van der Waals surface area (Å²) in [5.41, 5.74) is 1.36. The van der Waals surface area contributed by atoms with E-state index < -0.39 is 0 Å². The monoisotopic (exact) mass is 253 g/mol. The molecule has 0 aliphatic carbocycles. The Morgan fingerprint density at radius 2 is 2.24 bits per heavy atom. The van der Waals surface area contributed by atoms with Crippen LogP contribution in [0.4, 0.5) is 10.1 Å². The van der Waals surface area contributed by atoms with Crippen molar-refractivity contribution in [2.75, 3.05) is 5.32 Å². The molecule has 0 saturated heterocycles. The van der Waals surface area contributed by atoms with E-state index in [0.29, 0.717) is 17.4 Å². The molecule has 3 nitrogen and oxygen atoms in total. The molecule has 0 atom stereocenters. The molecule has 1 N–H and O–H groups in total. The van der Waals surface area contributed by atoms with Gasteiger partial charge in [-0.05, 0) is 24.6 Å². The Bertz CT molecular complexity index is 537. The van der Waals surface area contributed by atoms with Crippen molar-refractivity contribution in [3.8, 4) is 0 Å². The quantitative estimate of drug-likeness (QED) is 0.911. The third-order valence-electron chi connectivity index (χ3n) is 2.59. The van der Waals surface area contributed by atoms with Crippen LogP contribution in [0.25, 0.3) is 0 Å². The van der Waals surface area contributed by atoms with Crippen LogP contribution in [0.2, 0.25) is 5.15 Å². The summed E-state index contributed by atoms with van der Waals surface area (Å²) in [5.74, 6) is 0.500. The smallest absolute Gasteiger partial charge is 0.146 e. The van der Waals surface area contributed by atoms with E-state index in [2.05, 4.69) is 10.3 Å². The second-order valence-electron chi connectivity index (χ2n) is 3.89. The number of rotatable bonds is 3. The van der Waals surface area contributed by atoms with E-state index in [9.17, 15) is 4.39 Å². The van der Waals surface area contributed by atoms with Crippen molar-refractivity contribution in [1.82, 2.24) is 9.55 Å². The Morgan fingerprint density at radius 3 is 2.82 bits per heavy atom. The molecule has 1 aromatic heterocycles. The van der Waals surface area contributed by atoms with Gasteiger partial charge in [0.25, 0.3) is 0 Å². The van der Waals surface area contributed by atoms with Gasteiger partial charge in [-0.3, -0.25) is 0 Å². The van der Waals surface area contributed by atoms with Crippen molar-refractivity contribution in [1.29, 1.82) is 0 Å². The maximum Gasteiger partial charge on any atom is 0.146 e. The summed E-state index contributed by atoms with van der Waals surface area (Å²) < 4.78 is 15.3. The molecule has 2 aromatic rings. The number of imidazole rings is 1. The Labute approximate surface area is 104 Å². The maximum absolute atomic E-state index is 13.5. The highest BCUT2D eigenvalue weighted by molar-refractivity contribution is 6.29. The van der Waals surface area contributed by atoms with Gasteiger partial charge in [-0.1, -0.05) is 17.7 Å². The standard InChI is InChI=1S/C12H13ClFN3/c1-8-3-4-10(9(14)5-8)15-7-12-16-6-11(13)17(12)2/h3-6,15H,7H2,1-2H3. The van der Waals surface area contributed by atoms with Gasteiger partial charge in [0, 0.05) is 7.05 Å². The molecule has 1 heterocycles. The van der Waals surface area contributed by atoms with Gasteiger partial charge in [-0.2, -0.15) is 0 Å². The molecule has 0 radical (unpaired) electrons. The van der Waals surface area contributed by atoms with Crippen LogP contribution in [-0.4, -0.2) is 9.55 Å². The van der Waals surface area contributed by atoms with Crippen LogP contribution in [0.3, 0.4) is 0 Å². The highest BCUT2D eigenvalue weighted by atomic mass is 35.5. The van der Waals surface area contributed by atoms with Crippen molar-refractivity contribution < 1.29 is 4.39 Å². The Morgan fingerprint density at radius 1 is 1.47 bits per heavy atom. The lowest BCUT2D eigenvalue weighted by Gasteiger charge is -2.08. The van der Waals surface area contributed by atoms with Crippen molar-refractivity contribution in [3.63, 3.8) is 0 Å². The van der Waals surface area contributed by atoms with E-state index in [1.165, 1.54) is 6.07 Å². The zero-order valence-corrected chi connectivity index (χ0v) is 10.4. The lowest BCUT2D eigenvalue weighted by molar-refractivity contribution is 0.628. The molecule has 5 heteroatoms. The zero-order valence-electron chi connectivity index (χ0n) is 9.67. The number of hydrogen-bond donors (Lipinski definition) is 1. The van der Waals surface area contributed by atoms with Crippen LogP contribution in [0, 0.1) is 12.7 Å². The Hall–Kier alpha value is -1.55. The summed E-state index contributed by atoms with van der Waals surface area (Å²) in [4.78, 5) is 4.12. The summed E-state index contributed by atoms with van der Waals surface area (Å²) in [6.45, 7) is 2.29. The van der Waals surface area contributed by atoms with Crippen molar-refractivity contribution in [3.05, 3.63) is 46.8 Å². The van der Waals surface area contributed by atoms with Gasteiger partial charge in [-0.25, -0.2) is 9.37 Å². The molecule has 1 aromatic carbocycles. The molecule has 0 aliphatic rings. The van der Waals surface area contributed by atoms with Crippen LogP contribution < -0.4 is 5.32 Å². The van der Waals surface area contributed by atoms with Gasteiger partial charge in [0.2, 0.25) is 0 Å². The number of anilines is 1. The minimum absolute atomic E-state index is 0.259. The fourth-order valence-electron chi connectivity index (χ4n) is 1.53. The predicted molar refractivity (Wildman–Crippen MR) is 66.7 cm³/mol. The van der Waals surface area contributed by atoms with Gasteiger partial charge >= 0.3 is 0 Å². The van der Waals surface area contributed by atoms with Crippen LogP contribution >= 0.6 is 11.6 Å². The van der Waals surface area contributed by atoms with E-state index in [4.69, 9.17) is 11.6 Å². The number of halogens is 2. The average molecular weight is 254 g/mol. The van der Waals surface area contributed by atoms with Crippen LogP contribution in [-0.2, 0) is 13.6 Å². The van der Waals surface area contributed by atoms with E-state index in [0.717, 1.165) is 11.4 Å². The van der Waals surface area contributed by atoms with Crippen LogP contribution in [0.1, 0.15) is 11.4 Å². The average Bonchev–Trinajstić information content (AvgIpc) is 2.59. The lowest BCUT2D eigenvalue weighted by Crippen LogP contribution is -2.07. The second-order valence-corrected chi connectivity index (χ2v) is 4.28. The molecule has 0 spiro atoms. The normalized spacial score (nSPS) is 10.6. The second kappa shape index (κ2) is 4.75. The molecule has 0 bridgehead atoms. The molecule has 90 valence electrons. The molecule has 0 saturated carbocycles. The number of benzene rings is 1. The first-order chi connectivity index (χ1) is 8.08. The van der Waals surface area contributed by atoms with Gasteiger partial charge in [-0.15, -0.1) is 0 Å². The van der Waals surface area contributed by atoms with Gasteiger partial charge in [0.1, 0.15) is 16.8 Å². The Kier molecular flexibility index (Phi) is 3.33. The number of aryl methyl sites for hydroxylation is 1. The van der Waals surface area contributed by atoms with Crippen LogP contribution in [0.5, 0.6) is 0 Å². The maximum atomic E-state index is 13.5. The minimum atomic E-state index is -0.259. The lowest BCUT2D eigenvalue weighted by atomic mass is 10.2. The third-order valence-corrected chi connectivity index (χ3v) is 2.94. The molecule has 2 rings (SSSR count). The molecule has 0 aliphatic heterocycles. The van der Waals surface area contributed by atoms with Gasteiger partial charge < -0.3 is 9.88 Å². The number of aromatic nitrogens is 2. The first kappa shape index (κ1) is 11.9. The predicted octanol–water partition coefficient (Wildman–Crippen LogP) is 3.13. The molecule has 0 unspecified atom stereocenters. The summed E-state index contributed by atoms with van der Waals surface area (Å²) in [7, 11) is 1.82. The fraction of sp³-hybridized carbons (Fsp3) is 0.250. The number of hydrogen-bond acceptors (Lipinski definition) is 2. The van der Waals surface area contributed by atoms with Crippen molar-refractivity contribution in [2.24, 2.45) is 7.05 Å². The molecule has 0 amide bonds. The molecule has 17 heavy (non-hydrogen) atoms. The van der Waals surface area contributed by atoms with Crippen molar-refractivity contribution >= 4 is 17.3 Å². The summed E-state index contributed by atoms with van der Waals surface area (Å²) in [6.07, 6.45) is 1.57. The molecular formula is C12H13ClFN3. The first-order valence-corrected chi connectivity index (χ1v) is 5.62. The van der Waals surface area contributed by atoms with E-state index in [-0.39, 0.29) is 5.82 Å². The van der Waals surface area contributed by atoms with Crippen molar-refractivity contribution in [2.45, 2.75) is 13.5 Å².